The first-order valence-corrected chi connectivity index (χ1v) is 8.07. The first-order chi connectivity index (χ1) is 11.2. The van der Waals surface area contributed by atoms with Crippen LogP contribution in [-0.4, -0.2) is 29.9 Å². The molecule has 2 aromatic rings. The molecular formula is C18H22N4O. The molecule has 23 heavy (non-hydrogen) atoms. The van der Waals surface area contributed by atoms with Gasteiger partial charge in [-0.05, 0) is 49.6 Å². The largest absolute Gasteiger partial charge is 0.490 e. The highest BCUT2D eigenvalue weighted by Gasteiger charge is 2.24. The Morgan fingerprint density at radius 2 is 2.09 bits per heavy atom. The molecule has 2 fully saturated rings. The summed E-state index contributed by atoms with van der Waals surface area (Å²) in [5.41, 5.74) is 8.64. The summed E-state index contributed by atoms with van der Waals surface area (Å²) < 4.78 is 5.82. The SMILES string of the molecule is N=C(c1ccnc(N2CCC2)c1)c1cc(OC2CC2)ccc1N.[HH]. The number of ether oxygens (including phenoxy) is 1. The van der Waals surface area contributed by atoms with Crippen molar-refractivity contribution in [3.8, 4) is 5.75 Å². The third-order valence-corrected chi connectivity index (χ3v) is 4.34. The van der Waals surface area contributed by atoms with Crippen LogP contribution in [0.3, 0.4) is 0 Å². The van der Waals surface area contributed by atoms with E-state index < -0.39 is 0 Å². The summed E-state index contributed by atoms with van der Waals surface area (Å²) in [6, 6.07) is 9.40. The summed E-state index contributed by atoms with van der Waals surface area (Å²) in [5, 5.41) is 8.54. The van der Waals surface area contributed by atoms with Gasteiger partial charge in [0.2, 0.25) is 0 Å². The van der Waals surface area contributed by atoms with Crippen LogP contribution in [0.2, 0.25) is 0 Å². The molecule has 2 heterocycles. The van der Waals surface area contributed by atoms with Crippen LogP contribution in [0.1, 0.15) is 31.8 Å². The molecule has 1 aromatic carbocycles. The monoisotopic (exact) mass is 310 g/mol. The molecular weight excluding hydrogens is 288 g/mol. The molecule has 4 rings (SSSR count). The van der Waals surface area contributed by atoms with Crippen LogP contribution in [0.5, 0.6) is 5.75 Å². The van der Waals surface area contributed by atoms with Crippen LogP contribution in [0.15, 0.2) is 36.5 Å². The number of pyridine rings is 1. The van der Waals surface area contributed by atoms with E-state index in [1.54, 1.807) is 6.20 Å². The Kier molecular flexibility index (Phi) is 3.41. The van der Waals surface area contributed by atoms with Crippen molar-refractivity contribution in [2.75, 3.05) is 23.7 Å². The molecule has 3 N–H and O–H groups in total. The van der Waals surface area contributed by atoms with E-state index in [2.05, 4.69) is 9.88 Å². The summed E-state index contributed by atoms with van der Waals surface area (Å²) in [6.07, 6.45) is 5.52. The number of nitrogens with two attached hydrogens (primary N) is 1. The van der Waals surface area contributed by atoms with Crippen molar-refractivity contribution in [3.63, 3.8) is 0 Å². The second-order valence-electron chi connectivity index (χ2n) is 6.18. The Hall–Kier alpha value is -2.56. The second-order valence-corrected chi connectivity index (χ2v) is 6.18. The maximum atomic E-state index is 8.54. The maximum absolute atomic E-state index is 8.54. The summed E-state index contributed by atoms with van der Waals surface area (Å²) >= 11 is 0. The first-order valence-electron chi connectivity index (χ1n) is 8.07. The topological polar surface area (TPSA) is 75.2 Å². The van der Waals surface area contributed by atoms with Crippen molar-refractivity contribution >= 4 is 17.2 Å². The Morgan fingerprint density at radius 3 is 2.78 bits per heavy atom. The lowest BCUT2D eigenvalue weighted by Gasteiger charge is -2.32. The lowest BCUT2D eigenvalue weighted by atomic mass is 10.0. The number of aromatic nitrogens is 1. The van der Waals surface area contributed by atoms with Crippen LogP contribution in [0.4, 0.5) is 11.5 Å². The number of nitrogens with zero attached hydrogens (tertiary/aromatic N) is 2. The molecule has 0 atom stereocenters. The van der Waals surface area contributed by atoms with Crippen LogP contribution in [0, 0.1) is 5.41 Å². The smallest absolute Gasteiger partial charge is 0.129 e. The van der Waals surface area contributed by atoms with Crippen molar-refractivity contribution < 1.29 is 6.16 Å². The molecule has 2 aliphatic rings. The normalized spacial score (nSPS) is 16.8. The van der Waals surface area contributed by atoms with E-state index in [1.165, 1.54) is 6.42 Å². The third kappa shape index (κ3) is 2.86. The average Bonchev–Trinajstić information content (AvgIpc) is 3.31. The van der Waals surface area contributed by atoms with Gasteiger partial charge in [-0.25, -0.2) is 4.98 Å². The lowest BCUT2D eigenvalue weighted by Crippen LogP contribution is -2.37. The van der Waals surface area contributed by atoms with E-state index in [4.69, 9.17) is 15.9 Å². The zero-order valence-corrected chi connectivity index (χ0v) is 13.0. The second kappa shape index (κ2) is 5.57. The fourth-order valence-corrected chi connectivity index (χ4v) is 2.65. The molecule has 1 saturated heterocycles. The van der Waals surface area contributed by atoms with E-state index in [0.29, 0.717) is 23.1 Å². The molecule has 0 bridgehead atoms. The molecule has 5 nitrogen and oxygen atoms in total. The van der Waals surface area contributed by atoms with Gasteiger partial charge in [0.25, 0.3) is 0 Å². The van der Waals surface area contributed by atoms with E-state index in [0.717, 1.165) is 43.1 Å². The van der Waals surface area contributed by atoms with E-state index in [1.807, 2.05) is 30.3 Å². The van der Waals surface area contributed by atoms with Crippen molar-refractivity contribution in [2.24, 2.45) is 0 Å². The summed E-state index contributed by atoms with van der Waals surface area (Å²) in [4.78, 5) is 6.61. The zero-order chi connectivity index (χ0) is 15.8. The number of rotatable bonds is 5. The van der Waals surface area contributed by atoms with Gasteiger partial charge in [-0.2, -0.15) is 0 Å². The minimum Gasteiger partial charge on any atom is -0.490 e. The van der Waals surface area contributed by atoms with E-state index in [-0.39, 0.29) is 1.43 Å². The van der Waals surface area contributed by atoms with E-state index in [9.17, 15) is 0 Å². The van der Waals surface area contributed by atoms with Gasteiger partial charge in [0.1, 0.15) is 11.6 Å². The molecule has 0 spiro atoms. The summed E-state index contributed by atoms with van der Waals surface area (Å²) in [5.74, 6) is 1.72. The van der Waals surface area contributed by atoms with Gasteiger partial charge in [0, 0.05) is 37.5 Å². The predicted octanol–water partition coefficient (Wildman–Crippen LogP) is 3.08. The molecule has 5 heteroatoms. The van der Waals surface area contributed by atoms with Crippen LogP contribution >= 0.6 is 0 Å². The summed E-state index contributed by atoms with van der Waals surface area (Å²) in [6.45, 7) is 2.08. The highest BCUT2D eigenvalue weighted by Crippen LogP contribution is 2.30. The van der Waals surface area contributed by atoms with E-state index >= 15 is 0 Å². The average molecular weight is 310 g/mol. The number of hydrogen-bond acceptors (Lipinski definition) is 5. The number of benzene rings is 1. The lowest BCUT2D eigenvalue weighted by molar-refractivity contribution is 0.303. The quantitative estimate of drug-likeness (QED) is 0.657. The molecule has 120 valence electrons. The zero-order valence-electron chi connectivity index (χ0n) is 13.0. The molecule has 1 aliphatic carbocycles. The highest BCUT2D eigenvalue weighted by molar-refractivity contribution is 6.14. The van der Waals surface area contributed by atoms with Gasteiger partial charge in [0.05, 0.1) is 11.8 Å². The van der Waals surface area contributed by atoms with Gasteiger partial charge >= 0.3 is 0 Å². The van der Waals surface area contributed by atoms with Crippen molar-refractivity contribution in [1.82, 2.24) is 4.98 Å². The van der Waals surface area contributed by atoms with Gasteiger partial charge in [0.15, 0.2) is 0 Å². The van der Waals surface area contributed by atoms with Crippen molar-refractivity contribution in [1.29, 1.82) is 5.41 Å². The minimum absolute atomic E-state index is 0. The Balaban J connectivity index is 0.00000169. The molecule has 1 saturated carbocycles. The Morgan fingerprint density at radius 1 is 1.26 bits per heavy atom. The summed E-state index contributed by atoms with van der Waals surface area (Å²) in [7, 11) is 0. The standard InChI is InChI=1S/C18H20N4O.H2/c19-16-5-4-14(23-13-2-3-13)11-15(16)18(20)12-6-7-21-17(10-12)22-8-1-9-22;/h4-7,10-11,13,20H,1-3,8-9,19H2;1H. The highest BCUT2D eigenvalue weighted by atomic mass is 16.5. The van der Waals surface area contributed by atoms with Gasteiger partial charge < -0.3 is 15.4 Å². The number of nitrogens with one attached hydrogen (secondary N) is 1. The fraction of sp³-hybridized carbons (Fsp3) is 0.333. The van der Waals surface area contributed by atoms with Gasteiger partial charge in [-0.15, -0.1) is 0 Å². The van der Waals surface area contributed by atoms with Crippen LogP contribution in [0.25, 0.3) is 0 Å². The van der Waals surface area contributed by atoms with Gasteiger partial charge in [-0.1, -0.05) is 0 Å². The minimum atomic E-state index is 0. The van der Waals surface area contributed by atoms with Crippen molar-refractivity contribution in [3.05, 3.63) is 47.7 Å². The number of nitrogen functional groups attached to an aromatic ring is 1. The molecule has 0 amide bonds. The van der Waals surface area contributed by atoms with Crippen molar-refractivity contribution in [2.45, 2.75) is 25.4 Å². The molecule has 1 aromatic heterocycles. The molecule has 0 radical (unpaired) electrons. The third-order valence-electron chi connectivity index (χ3n) is 4.34. The predicted molar refractivity (Wildman–Crippen MR) is 93.6 cm³/mol. The van der Waals surface area contributed by atoms with Crippen LogP contribution < -0.4 is 15.4 Å². The Labute approximate surface area is 137 Å². The van der Waals surface area contributed by atoms with Gasteiger partial charge in [-0.3, -0.25) is 5.41 Å². The number of hydrogen-bond donors (Lipinski definition) is 2. The fourth-order valence-electron chi connectivity index (χ4n) is 2.65. The van der Waals surface area contributed by atoms with Crippen LogP contribution in [-0.2, 0) is 0 Å². The molecule has 0 unspecified atom stereocenters. The number of anilines is 2. The first kappa shape index (κ1) is 14.1. The Bertz CT molecular complexity index is 756. The maximum Gasteiger partial charge on any atom is 0.129 e. The molecule has 1 aliphatic heterocycles.